The van der Waals surface area contributed by atoms with Gasteiger partial charge in [-0.1, -0.05) is 32.9 Å². The van der Waals surface area contributed by atoms with E-state index in [0.717, 1.165) is 0 Å². The van der Waals surface area contributed by atoms with E-state index in [0.29, 0.717) is 10.9 Å². The average molecular weight is 764 g/mol. The highest BCUT2D eigenvalue weighted by Crippen LogP contribution is 2.41. The topological polar surface area (TPSA) is 206 Å². The summed E-state index contributed by atoms with van der Waals surface area (Å²) in [7, 11) is 7.42. The SMILES string of the molecule is CC[C@H]1OC(=O)[C@H](C)[C@@H](O[C@H]2C[C@@](C)(OC)[C@@H](O)[C@H](C)O2)[C@H](C)[C@@H](O[C@@H]2O[C@H](C)C[C@H]([N+](C)(C)C)[C@H]2O)[C@](C)(O)C[C@@H](C)/C(=N/O)[C@H](C)[C@@H](O)[C@]1(C)O. The summed E-state index contributed by atoms with van der Waals surface area (Å²) in [5.41, 5.74) is -4.68. The molecule has 3 saturated heterocycles. The van der Waals surface area contributed by atoms with E-state index in [1.54, 1.807) is 55.4 Å². The first kappa shape index (κ1) is 45.9. The van der Waals surface area contributed by atoms with Crippen molar-refractivity contribution in [3.63, 3.8) is 0 Å². The van der Waals surface area contributed by atoms with Crippen LogP contribution in [-0.4, -0.2) is 159 Å². The summed E-state index contributed by atoms with van der Waals surface area (Å²) in [6.45, 7) is 16.7. The Labute approximate surface area is 316 Å². The molecule has 15 nitrogen and oxygen atoms in total. The molecule has 6 N–H and O–H groups in total. The van der Waals surface area contributed by atoms with E-state index in [4.69, 9.17) is 28.4 Å². The van der Waals surface area contributed by atoms with Gasteiger partial charge in [0.05, 0.1) is 74.5 Å². The number of ether oxygens (including phenoxy) is 6. The number of hydrogen-bond acceptors (Lipinski definition) is 14. The molecule has 0 unspecified atom stereocenters. The fourth-order valence-electron chi connectivity index (χ4n) is 8.87. The molecule has 0 saturated carbocycles. The van der Waals surface area contributed by atoms with Gasteiger partial charge in [-0.25, -0.2) is 0 Å². The fourth-order valence-corrected chi connectivity index (χ4v) is 8.87. The molecule has 0 spiro atoms. The molecule has 3 rings (SSSR count). The second-order valence-corrected chi connectivity index (χ2v) is 17.7. The van der Waals surface area contributed by atoms with Gasteiger partial charge in [0.25, 0.3) is 0 Å². The Morgan fingerprint density at radius 1 is 0.906 bits per heavy atom. The maximum absolute atomic E-state index is 14.2. The van der Waals surface area contributed by atoms with Crippen molar-refractivity contribution in [3.05, 3.63) is 0 Å². The van der Waals surface area contributed by atoms with Crippen LogP contribution >= 0.6 is 0 Å². The zero-order chi connectivity index (χ0) is 40.6. The Balaban J connectivity index is 2.22. The van der Waals surface area contributed by atoms with Gasteiger partial charge in [0.1, 0.15) is 23.9 Å². The molecule has 0 aromatic rings. The van der Waals surface area contributed by atoms with Crippen LogP contribution in [-0.2, 0) is 33.2 Å². The molecule has 3 fully saturated rings. The van der Waals surface area contributed by atoms with E-state index in [-0.39, 0.29) is 37.1 Å². The van der Waals surface area contributed by atoms with Crippen molar-refractivity contribution in [2.75, 3.05) is 28.3 Å². The molecule has 0 aromatic carbocycles. The predicted octanol–water partition coefficient (Wildman–Crippen LogP) is 2.19. The Kier molecular flexibility index (Phi) is 15.0. The summed E-state index contributed by atoms with van der Waals surface area (Å²) in [4.78, 5) is 14.2. The van der Waals surface area contributed by atoms with Crippen molar-refractivity contribution in [2.45, 2.75) is 179 Å². The third-order valence-corrected chi connectivity index (χ3v) is 12.3. The molecule has 3 aliphatic rings. The Bertz CT molecular complexity index is 1240. The lowest BCUT2D eigenvalue weighted by Crippen LogP contribution is -2.63. The molecular formula is C38H71N2O13+. The molecule has 0 aliphatic carbocycles. The number of nitrogens with zero attached hydrogens (tertiary/aromatic N) is 2. The van der Waals surface area contributed by atoms with Crippen molar-refractivity contribution >= 4 is 11.7 Å². The molecule has 15 heteroatoms. The van der Waals surface area contributed by atoms with Crippen LogP contribution in [0.25, 0.3) is 0 Å². The minimum atomic E-state index is -1.97. The number of aliphatic hydroxyl groups is 5. The standard InChI is InChI=1S/C38H70N2O13/c1-15-26-38(10,46)31(42)21(4)28(39-47)19(2)17-36(8,45)33(53-35-29(41)25(40(11,12)13)16-20(3)49-35)22(5)30(23(6)34(44)51-26)52-27-18-37(9,48-14)32(43)24(7)50-27/h19-27,29-33,35,41-43,45-46H,15-18H2,1-14H3/p+1/b39-28-/t19-,20-,21+,22+,23-,24+,25+,26-,27+,29-,30+,31-,32+,33-,35+,36-,37-,38-/m1/s1. The largest absolute Gasteiger partial charge is 0.459 e. The lowest BCUT2D eigenvalue weighted by atomic mass is 9.73. The van der Waals surface area contributed by atoms with Gasteiger partial charge in [-0.15, -0.1) is 0 Å². The molecule has 3 aliphatic heterocycles. The van der Waals surface area contributed by atoms with Crippen LogP contribution in [0.4, 0.5) is 0 Å². The first-order valence-corrected chi connectivity index (χ1v) is 19.2. The van der Waals surface area contributed by atoms with Crippen LogP contribution in [0.3, 0.4) is 0 Å². The fraction of sp³-hybridized carbons (Fsp3) is 0.947. The summed E-state index contributed by atoms with van der Waals surface area (Å²) in [5, 5.41) is 72.1. The van der Waals surface area contributed by atoms with Crippen molar-refractivity contribution in [2.24, 2.45) is 28.8 Å². The molecule has 3 heterocycles. The number of hydrogen-bond donors (Lipinski definition) is 6. The molecule has 0 aromatic heterocycles. The first-order chi connectivity index (χ1) is 24.3. The summed E-state index contributed by atoms with van der Waals surface area (Å²) in [6, 6.07) is -0.271. The van der Waals surface area contributed by atoms with E-state index in [1.807, 2.05) is 28.1 Å². The van der Waals surface area contributed by atoms with Crippen LogP contribution in [0.2, 0.25) is 0 Å². The van der Waals surface area contributed by atoms with Gasteiger partial charge < -0.3 is 63.6 Å². The van der Waals surface area contributed by atoms with Crippen molar-refractivity contribution in [3.8, 4) is 0 Å². The van der Waals surface area contributed by atoms with E-state index in [2.05, 4.69) is 5.16 Å². The minimum Gasteiger partial charge on any atom is -0.459 e. The highest BCUT2D eigenvalue weighted by molar-refractivity contribution is 5.88. The quantitative estimate of drug-likeness (QED) is 0.0954. The Morgan fingerprint density at radius 3 is 2.04 bits per heavy atom. The number of rotatable bonds is 7. The predicted molar refractivity (Wildman–Crippen MR) is 195 cm³/mol. The number of methoxy groups -OCH3 is 1. The Morgan fingerprint density at radius 2 is 1.51 bits per heavy atom. The first-order valence-electron chi connectivity index (χ1n) is 19.2. The highest BCUT2D eigenvalue weighted by atomic mass is 16.7. The summed E-state index contributed by atoms with van der Waals surface area (Å²) in [6.07, 6.45) is -9.46. The zero-order valence-corrected chi connectivity index (χ0v) is 34.4. The second kappa shape index (κ2) is 17.3. The number of oxime groups is 1. The molecule has 0 radical (unpaired) electrons. The third-order valence-electron chi connectivity index (χ3n) is 12.3. The van der Waals surface area contributed by atoms with Crippen LogP contribution in [0, 0.1) is 23.7 Å². The lowest BCUT2D eigenvalue weighted by Gasteiger charge is -2.49. The molecule has 53 heavy (non-hydrogen) atoms. The number of cyclic esters (lactones) is 1. The van der Waals surface area contributed by atoms with Gasteiger partial charge in [-0.3, -0.25) is 4.79 Å². The molecule has 310 valence electrons. The van der Waals surface area contributed by atoms with Crippen LogP contribution in [0.5, 0.6) is 0 Å². The monoisotopic (exact) mass is 763 g/mol. The number of likely N-dealkylation sites (N-methyl/N-ethyl adjacent to an activating group) is 1. The van der Waals surface area contributed by atoms with Crippen molar-refractivity contribution < 1.29 is 68.4 Å². The van der Waals surface area contributed by atoms with E-state index in [1.165, 1.54) is 14.0 Å². The van der Waals surface area contributed by atoms with Gasteiger partial charge >= 0.3 is 5.97 Å². The maximum Gasteiger partial charge on any atom is 0.311 e. The lowest BCUT2D eigenvalue weighted by molar-refractivity contribution is -0.903. The van der Waals surface area contributed by atoms with Crippen molar-refractivity contribution in [1.82, 2.24) is 0 Å². The van der Waals surface area contributed by atoms with Gasteiger partial charge in [-0.05, 0) is 54.4 Å². The number of aliphatic hydroxyl groups excluding tert-OH is 3. The minimum absolute atomic E-state index is 0.0641. The molecular weight excluding hydrogens is 692 g/mol. The van der Waals surface area contributed by atoms with Gasteiger partial charge in [0, 0.05) is 37.7 Å². The second-order valence-electron chi connectivity index (χ2n) is 17.7. The molecule has 0 bridgehead atoms. The number of carbonyl (C=O) groups excluding carboxylic acids is 1. The molecule has 18 atom stereocenters. The van der Waals surface area contributed by atoms with Crippen LogP contribution in [0.1, 0.15) is 94.9 Å². The number of quaternary nitrogens is 1. The van der Waals surface area contributed by atoms with Gasteiger partial charge in [0.2, 0.25) is 0 Å². The van der Waals surface area contributed by atoms with E-state index < -0.39 is 102 Å². The normalized spacial score (nSPS) is 49.3. The zero-order valence-electron chi connectivity index (χ0n) is 34.4. The Hall–Kier alpha value is -1.50. The maximum atomic E-state index is 14.2. The van der Waals surface area contributed by atoms with Crippen molar-refractivity contribution in [1.29, 1.82) is 0 Å². The van der Waals surface area contributed by atoms with E-state index in [9.17, 15) is 35.5 Å². The number of esters is 1. The molecule has 0 amide bonds. The van der Waals surface area contributed by atoms with Gasteiger partial charge in [0.15, 0.2) is 18.7 Å². The third kappa shape index (κ3) is 9.91. The van der Waals surface area contributed by atoms with Crippen LogP contribution in [0.15, 0.2) is 5.16 Å². The van der Waals surface area contributed by atoms with Crippen LogP contribution < -0.4 is 0 Å². The van der Waals surface area contributed by atoms with E-state index >= 15 is 0 Å². The summed E-state index contributed by atoms with van der Waals surface area (Å²) in [5.74, 6) is -4.24. The smallest absolute Gasteiger partial charge is 0.311 e. The summed E-state index contributed by atoms with van der Waals surface area (Å²) >= 11 is 0. The van der Waals surface area contributed by atoms with Gasteiger partial charge in [-0.2, -0.15) is 0 Å². The highest BCUT2D eigenvalue weighted by Gasteiger charge is 2.54. The number of carbonyl (C=O) groups is 1. The summed E-state index contributed by atoms with van der Waals surface area (Å²) < 4.78 is 37.8. The average Bonchev–Trinajstić information content (AvgIpc) is 3.06.